The van der Waals surface area contributed by atoms with Gasteiger partial charge >= 0.3 is 0 Å². The molecule has 1 aromatic carbocycles. The lowest BCUT2D eigenvalue weighted by atomic mass is 10.2. The SMILES string of the molecule is Cc1nc(NC(=O)c2ccccc2)sc1CN1CCOCC1. The maximum atomic E-state index is 12.2. The third kappa shape index (κ3) is 3.71. The maximum absolute atomic E-state index is 12.2. The molecule has 0 bridgehead atoms. The molecule has 2 heterocycles. The van der Waals surface area contributed by atoms with Crippen molar-refractivity contribution in [2.75, 3.05) is 31.6 Å². The summed E-state index contributed by atoms with van der Waals surface area (Å²) in [4.78, 5) is 20.2. The number of hydrogen-bond acceptors (Lipinski definition) is 5. The molecule has 0 spiro atoms. The second kappa shape index (κ2) is 7.00. The first kappa shape index (κ1) is 15.1. The Labute approximate surface area is 133 Å². The van der Waals surface area contributed by atoms with Gasteiger partial charge in [0.05, 0.1) is 18.9 Å². The van der Waals surface area contributed by atoms with Crippen LogP contribution in [0.4, 0.5) is 5.13 Å². The first-order chi connectivity index (χ1) is 10.7. The van der Waals surface area contributed by atoms with Gasteiger partial charge in [0, 0.05) is 30.1 Å². The first-order valence-corrected chi connectivity index (χ1v) is 8.17. The Bertz CT molecular complexity index is 636. The van der Waals surface area contributed by atoms with Gasteiger partial charge < -0.3 is 4.74 Å². The number of benzene rings is 1. The quantitative estimate of drug-likeness (QED) is 0.941. The zero-order valence-corrected chi connectivity index (χ0v) is 13.4. The Hall–Kier alpha value is -1.76. The van der Waals surface area contributed by atoms with Crippen molar-refractivity contribution in [3.63, 3.8) is 0 Å². The van der Waals surface area contributed by atoms with Gasteiger partial charge in [0.25, 0.3) is 5.91 Å². The number of nitrogens with one attached hydrogen (secondary N) is 1. The highest BCUT2D eigenvalue weighted by atomic mass is 32.1. The summed E-state index contributed by atoms with van der Waals surface area (Å²) in [6, 6.07) is 9.19. The van der Waals surface area contributed by atoms with E-state index < -0.39 is 0 Å². The maximum Gasteiger partial charge on any atom is 0.257 e. The Morgan fingerprint density at radius 3 is 2.77 bits per heavy atom. The van der Waals surface area contributed by atoms with Gasteiger partial charge in [0.15, 0.2) is 5.13 Å². The van der Waals surface area contributed by atoms with Crippen molar-refractivity contribution in [2.24, 2.45) is 0 Å². The van der Waals surface area contributed by atoms with Crippen LogP contribution >= 0.6 is 11.3 Å². The molecule has 2 aromatic rings. The third-order valence-electron chi connectivity index (χ3n) is 3.62. The third-order valence-corrected chi connectivity index (χ3v) is 4.68. The van der Waals surface area contributed by atoms with Crippen molar-refractivity contribution in [3.8, 4) is 0 Å². The molecule has 0 aliphatic carbocycles. The molecule has 0 unspecified atom stereocenters. The second-order valence-electron chi connectivity index (χ2n) is 5.24. The van der Waals surface area contributed by atoms with E-state index in [-0.39, 0.29) is 5.91 Å². The molecule has 0 saturated carbocycles. The van der Waals surface area contributed by atoms with E-state index in [2.05, 4.69) is 15.2 Å². The largest absolute Gasteiger partial charge is 0.379 e. The van der Waals surface area contributed by atoms with Crippen molar-refractivity contribution >= 4 is 22.4 Å². The summed E-state index contributed by atoms with van der Waals surface area (Å²) in [5.74, 6) is -0.118. The van der Waals surface area contributed by atoms with Crippen molar-refractivity contribution < 1.29 is 9.53 Å². The number of anilines is 1. The van der Waals surface area contributed by atoms with Gasteiger partial charge in [-0.25, -0.2) is 4.98 Å². The number of rotatable bonds is 4. The fourth-order valence-corrected chi connectivity index (χ4v) is 3.35. The summed E-state index contributed by atoms with van der Waals surface area (Å²) in [6.07, 6.45) is 0. The summed E-state index contributed by atoms with van der Waals surface area (Å²) >= 11 is 1.55. The highest BCUT2D eigenvalue weighted by molar-refractivity contribution is 7.15. The summed E-state index contributed by atoms with van der Waals surface area (Å²) in [5, 5.41) is 3.54. The minimum absolute atomic E-state index is 0.118. The van der Waals surface area contributed by atoms with Crippen LogP contribution in [0.3, 0.4) is 0 Å². The zero-order valence-electron chi connectivity index (χ0n) is 12.5. The number of aromatic nitrogens is 1. The lowest BCUT2D eigenvalue weighted by Gasteiger charge is -2.25. The average molecular weight is 317 g/mol. The van der Waals surface area contributed by atoms with Crippen molar-refractivity contribution in [2.45, 2.75) is 13.5 Å². The predicted octanol–water partition coefficient (Wildman–Crippen LogP) is 2.54. The van der Waals surface area contributed by atoms with E-state index in [4.69, 9.17) is 4.74 Å². The van der Waals surface area contributed by atoms with E-state index in [0.717, 1.165) is 38.5 Å². The predicted molar refractivity (Wildman–Crippen MR) is 87.3 cm³/mol. The van der Waals surface area contributed by atoms with E-state index in [1.54, 1.807) is 23.5 Å². The van der Waals surface area contributed by atoms with E-state index in [1.807, 2.05) is 25.1 Å². The topological polar surface area (TPSA) is 54.5 Å². The lowest BCUT2D eigenvalue weighted by Crippen LogP contribution is -2.35. The van der Waals surface area contributed by atoms with Gasteiger partial charge in [-0.15, -0.1) is 11.3 Å². The average Bonchev–Trinajstić information content (AvgIpc) is 2.88. The van der Waals surface area contributed by atoms with Gasteiger partial charge in [-0.05, 0) is 19.1 Å². The van der Waals surface area contributed by atoms with Crippen molar-refractivity contribution in [1.29, 1.82) is 0 Å². The number of nitrogens with zero attached hydrogens (tertiary/aromatic N) is 2. The minimum Gasteiger partial charge on any atom is -0.379 e. The molecule has 3 rings (SSSR count). The van der Waals surface area contributed by atoms with Crippen molar-refractivity contribution in [1.82, 2.24) is 9.88 Å². The number of carbonyl (C=O) groups is 1. The van der Waals surface area contributed by atoms with Crippen LogP contribution in [-0.2, 0) is 11.3 Å². The molecular weight excluding hydrogens is 298 g/mol. The van der Waals surface area contributed by atoms with E-state index in [9.17, 15) is 4.79 Å². The fourth-order valence-electron chi connectivity index (χ4n) is 2.35. The number of thiazole rings is 1. The van der Waals surface area contributed by atoms with Gasteiger partial charge in [0.2, 0.25) is 0 Å². The molecule has 0 radical (unpaired) electrons. The van der Waals surface area contributed by atoms with E-state index in [0.29, 0.717) is 10.7 Å². The highest BCUT2D eigenvalue weighted by Gasteiger charge is 2.16. The molecule has 116 valence electrons. The summed E-state index contributed by atoms with van der Waals surface area (Å²) in [7, 11) is 0. The molecule has 5 nitrogen and oxygen atoms in total. The van der Waals surface area contributed by atoms with Crippen LogP contribution in [0, 0.1) is 6.92 Å². The van der Waals surface area contributed by atoms with Crippen LogP contribution in [0.5, 0.6) is 0 Å². The Morgan fingerprint density at radius 2 is 2.05 bits per heavy atom. The Morgan fingerprint density at radius 1 is 1.32 bits per heavy atom. The van der Waals surface area contributed by atoms with Crippen LogP contribution < -0.4 is 5.32 Å². The molecule has 0 atom stereocenters. The van der Waals surface area contributed by atoms with Crippen LogP contribution in [0.25, 0.3) is 0 Å². The zero-order chi connectivity index (χ0) is 15.4. The number of ether oxygens (including phenoxy) is 1. The summed E-state index contributed by atoms with van der Waals surface area (Å²) in [6.45, 7) is 6.33. The van der Waals surface area contributed by atoms with Gasteiger partial charge in [0.1, 0.15) is 0 Å². The molecule has 22 heavy (non-hydrogen) atoms. The molecular formula is C16H19N3O2S. The summed E-state index contributed by atoms with van der Waals surface area (Å²) in [5.41, 5.74) is 1.63. The molecule has 1 amide bonds. The normalized spacial score (nSPS) is 15.7. The highest BCUT2D eigenvalue weighted by Crippen LogP contribution is 2.24. The van der Waals surface area contributed by atoms with Crippen LogP contribution in [0.1, 0.15) is 20.9 Å². The van der Waals surface area contributed by atoms with Crippen LogP contribution in [0.15, 0.2) is 30.3 Å². The molecule has 1 fully saturated rings. The van der Waals surface area contributed by atoms with Gasteiger partial charge in [-0.2, -0.15) is 0 Å². The number of carbonyl (C=O) groups excluding carboxylic acids is 1. The van der Waals surface area contributed by atoms with E-state index >= 15 is 0 Å². The van der Waals surface area contributed by atoms with Gasteiger partial charge in [-0.3, -0.25) is 15.0 Å². The van der Waals surface area contributed by atoms with Gasteiger partial charge in [-0.1, -0.05) is 18.2 Å². The van der Waals surface area contributed by atoms with Crippen LogP contribution in [0.2, 0.25) is 0 Å². The number of morpholine rings is 1. The second-order valence-corrected chi connectivity index (χ2v) is 6.32. The Kier molecular flexibility index (Phi) is 4.82. The van der Waals surface area contributed by atoms with E-state index in [1.165, 1.54) is 4.88 Å². The number of amides is 1. The first-order valence-electron chi connectivity index (χ1n) is 7.35. The molecule has 1 aromatic heterocycles. The molecule has 1 N–H and O–H groups in total. The number of hydrogen-bond donors (Lipinski definition) is 1. The monoisotopic (exact) mass is 317 g/mol. The smallest absolute Gasteiger partial charge is 0.257 e. The lowest BCUT2D eigenvalue weighted by molar-refractivity contribution is 0.0345. The van der Waals surface area contributed by atoms with Crippen molar-refractivity contribution in [3.05, 3.63) is 46.5 Å². The molecule has 1 aliphatic heterocycles. The standard InChI is InChI=1S/C16H19N3O2S/c1-12-14(11-19-7-9-21-10-8-19)22-16(17-12)18-15(20)13-5-3-2-4-6-13/h2-6H,7-11H2,1H3,(H,17,18,20). The molecule has 6 heteroatoms. The Balaban J connectivity index is 1.65. The number of aryl methyl sites for hydroxylation is 1. The molecule has 1 saturated heterocycles. The van der Waals surface area contributed by atoms with Crippen LogP contribution in [-0.4, -0.2) is 42.1 Å². The molecule has 1 aliphatic rings. The summed E-state index contributed by atoms with van der Waals surface area (Å²) < 4.78 is 5.36. The minimum atomic E-state index is -0.118. The fraction of sp³-hybridized carbons (Fsp3) is 0.375.